The summed E-state index contributed by atoms with van der Waals surface area (Å²) >= 11 is 0. The van der Waals surface area contributed by atoms with Gasteiger partial charge in [0.1, 0.15) is 0 Å². The van der Waals surface area contributed by atoms with Crippen molar-refractivity contribution >= 4 is 17.9 Å². The lowest BCUT2D eigenvalue weighted by Gasteiger charge is -2.13. The standard InChI is InChI=1S/C11H20N2O4/c1-3-4-5-8(2)12-11(17)13-9(14)6-7-10(15)16/h8H,3-7H2,1-2H3,(H,15,16)(H2,12,13,14,17). The average Bonchev–Trinajstić information content (AvgIpc) is 2.23. The van der Waals surface area contributed by atoms with E-state index in [1.54, 1.807) is 0 Å². The Balaban J connectivity index is 3.77. The summed E-state index contributed by atoms with van der Waals surface area (Å²) in [5.74, 6) is -1.63. The first-order valence-electron chi connectivity index (χ1n) is 5.77. The van der Waals surface area contributed by atoms with Crippen molar-refractivity contribution in [2.45, 2.75) is 52.0 Å². The molecule has 3 amide bonds. The zero-order valence-corrected chi connectivity index (χ0v) is 10.3. The summed E-state index contributed by atoms with van der Waals surface area (Å²) in [6, 6.07) is -0.564. The number of rotatable bonds is 7. The first kappa shape index (κ1) is 15.4. The summed E-state index contributed by atoms with van der Waals surface area (Å²) in [5, 5.41) is 13.1. The number of imide groups is 1. The van der Waals surface area contributed by atoms with E-state index in [0.29, 0.717) is 0 Å². The van der Waals surface area contributed by atoms with Gasteiger partial charge in [0.25, 0.3) is 0 Å². The Labute approximate surface area is 101 Å². The molecule has 0 aromatic carbocycles. The van der Waals surface area contributed by atoms with Crippen molar-refractivity contribution in [3.8, 4) is 0 Å². The van der Waals surface area contributed by atoms with Crippen molar-refractivity contribution in [3.63, 3.8) is 0 Å². The van der Waals surface area contributed by atoms with Crippen LogP contribution in [0.2, 0.25) is 0 Å². The Kier molecular flexibility index (Phi) is 7.75. The summed E-state index contributed by atoms with van der Waals surface area (Å²) in [7, 11) is 0. The number of unbranched alkanes of at least 4 members (excludes halogenated alkanes) is 1. The van der Waals surface area contributed by atoms with E-state index in [0.717, 1.165) is 19.3 Å². The molecule has 0 aliphatic carbocycles. The van der Waals surface area contributed by atoms with Crippen molar-refractivity contribution < 1.29 is 19.5 Å². The molecular weight excluding hydrogens is 224 g/mol. The van der Waals surface area contributed by atoms with Crippen LogP contribution in [0.3, 0.4) is 0 Å². The van der Waals surface area contributed by atoms with Crippen LogP contribution in [0.5, 0.6) is 0 Å². The number of carboxylic acids is 1. The lowest BCUT2D eigenvalue weighted by Crippen LogP contribution is -2.43. The van der Waals surface area contributed by atoms with Gasteiger partial charge in [-0.3, -0.25) is 14.9 Å². The molecule has 0 heterocycles. The highest BCUT2D eigenvalue weighted by molar-refractivity contribution is 5.95. The third-order valence-corrected chi connectivity index (χ3v) is 2.19. The number of aliphatic carboxylic acids is 1. The predicted molar refractivity (Wildman–Crippen MR) is 62.5 cm³/mol. The highest BCUT2D eigenvalue weighted by atomic mass is 16.4. The Morgan fingerprint density at radius 2 is 1.88 bits per heavy atom. The second-order valence-corrected chi connectivity index (χ2v) is 3.96. The molecular formula is C11H20N2O4. The molecule has 0 saturated heterocycles. The number of carbonyl (C=O) groups is 3. The second-order valence-electron chi connectivity index (χ2n) is 3.96. The van der Waals surface area contributed by atoms with Crippen LogP contribution in [0.15, 0.2) is 0 Å². The fourth-order valence-electron chi connectivity index (χ4n) is 1.25. The van der Waals surface area contributed by atoms with Gasteiger partial charge in [-0.2, -0.15) is 0 Å². The van der Waals surface area contributed by atoms with Crippen LogP contribution in [0, 0.1) is 0 Å². The van der Waals surface area contributed by atoms with Crippen molar-refractivity contribution in [1.82, 2.24) is 10.6 Å². The number of urea groups is 1. The van der Waals surface area contributed by atoms with E-state index in [1.165, 1.54) is 0 Å². The Hall–Kier alpha value is -1.59. The monoisotopic (exact) mass is 244 g/mol. The highest BCUT2D eigenvalue weighted by Crippen LogP contribution is 1.99. The second kappa shape index (κ2) is 8.55. The maximum absolute atomic E-state index is 11.3. The van der Waals surface area contributed by atoms with Crippen LogP contribution in [0.4, 0.5) is 4.79 Å². The number of hydrogen-bond donors (Lipinski definition) is 3. The zero-order valence-electron chi connectivity index (χ0n) is 10.3. The van der Waals surface area contributed by atoms with Crippen molar-refractivity contribution in [1.29, 1.82) is 0 Å². The van der Waals surface area contributed by atoms with Gasteiger partial charge < -0.3 is 10.4 Å². The Morgan fingerprint density at radius 3 is 2.41 bits per heavy atom. The smallest absolute Gasteiger partial charge is 0.321 e. The summed E-state index contributed by atoms with van der Waals surface area (Å²) in [5.41, 5.74) is 0. The lowest BCUT2D eigenvalue weighted by molar-refractivity contribution is -0.138. The maximum atomic E-state index is 11.3. The quantitative estimate of drug-likeness (QED) is 0.628. The molecule has 3 N–H and O–H groups in total. The van der Waals surface area contributed by atoms with Crippen molar-refractivity contribution in [3.05, 3.63) is 0 Å². The summed E-state index contributed by atoms with van der Waals surface area (Å²) in [6.45, 7) is 3.92. The van der Waals surface area contributed by atoms with E-state index >= 15 is 0 Å². The van der Waals surface area contributed by atoms with Gasteiger partial charge in [0.15, 0.2) is 0 Å². The average molecular weight is 244 g/mol. The van der Waals surface area contributed by atoms with E-state index in [-0.39, 0.29) is 18.9 Å². The predicted octanol–water partition coefficient (Wildman–Crippen LogP) is 1.26. The van der Waals surface area contributed by atoms with Crippen molar-refractivity contribution in [2.75, 3.05) is 0 Å². The molecule has 0 aromatic rings. The highest BCUT2D eigenvalue weighted by Gasteiger charge is 2.11. The van der Waals surface area contributed by atoms with Crippen LogP contribution >= 0.6 is 0 Å². The van der Waals surface area contributed by atoms with Crippen LogP contribution in [-0.4, -0.2) is 29.1 Å². The van der Waals surface area contributed by atoms with Crippen LogP contribution in [0.25, 0.3) is 0 Å². The van der Waals surface area contributed by atoms with Gasteiger partial charge >= 0.3 is 12.0 Å². The van der Waals surface area contributed by atoms with E-state index in [4.69, 9.17) is 5.11 Å². The van der Waals surface area contributed by atoms with Gasteiger partial charge in [-0.1, -0.05) is 19.8 Å². The molecule has 0 aromatic heterocycles. The van der Waals surface area contributed by atoms with Gasteiger partial charge in [0.2, 0.25) is 5.91 Å². The van der Waals surface area contributed by atoms with E-state index in [2.05, 4.69) is 17.6 Å². The number of hydrogen-bond acceptors (Lipinski definition) is 3. The Morgan fingerprint density at radius 1 is 1.24 bits per heavy atom. The summed E-state index contributed by atoms with van der Waals surface area (Å²) in [6.07, 6.45) is 2.45. The first-order chi connectivity index (χ1) is 7.95. The largest absolute Gasteiger partial charge is 0.481 e. The number of carbonyl (C=O) groups excluding carboxylic acids is 2. The molecule has 0 fully saturated rings. The molecule has 0 rings (SSSR count). The third-order valence-electron chi connectivity index (χ3n) is 2.19. The molecule has 0 spiro atoms. The SMILES string of the molecule is CCCCC(C)NC(=O)NC(=O)CCC(=O)O. The van der Waals surface area contributed by atoms with E-state index in [9.17, 15) is 14.4 Å². The number of amides is 3. The normalized spacial score (nSPS) is 11.6. The van der Waals surface area contributed by atoms with Crippen LogP contribution < -0.4 is 10.6 Å². The molecule has 1 atom stereocenters. The number of carboxylic acid groups (broad SMARTS) is 1. The van der Waals surface area contributed by atoms with E-state index in [1.807, 2.05) is 6.92 Å². The molecule has 0 saturated carbocycles. The molecule has 98 valence electrons. The zero-order chi connectivity index (χ0) is 13.3. The summed E-state index contributed by atoms with van der Waals surface area (Å²) < 4.78 is 0. The van der Waals surface area contributed by atoms with Crippen LogP contribution in [-0.2, 0) is 9.59 Å². The summed E-state index contributed by atoms with van der Waals surface area (Å²) in [4.78, 5) is 32.6. The van der Waals surface area contributed by atoms with Crippen LogP contribution in [0.1, 0.15) is 46.0 Å². The molecule has 0 bridgehead atoms. The molecule has 0 aliphatic rings. The molecule has 6 heteroatoms. The van der Waals surface area contributed by atoms with Gasteiger partial charge in [-0.15, -0.1) is 0 Å². The minimum Gasteiger partial charge on any atom is -0.481 e. The van der Waals surface area contributed by atoms with Gasteiger partial charge in [-0.25, -0.2) is 4.79 Å². The minimum absolute atomic E-state index is 0.00206. The van der Waals surface area contributed by atoms with Gasteiger partial charge in [-0.05, 0) is 13.3 Å². The number of nitrogens with one attached hydrogen (secondary N) is 2. The van der Waals surface area contributed by atoms with Crippen molar-refractivity contribution in [2.24, 2.45) is 0 Å². The molecule has 6 nitrogen and oxygen atoms in total. The Bertz CT molecular complexity index is 279. The van der Waals surface area contributed by atoms with Gasteiger partial charge in [0.05, 0.1) is 6.42 Å². The lowest BCUT2D eigenvalue weighted by atomic mass is 10.1. The molecule has 17 heavy (non-hydrogen) atoms. The first-order valence-corrected chi connectivity index (χ1v) is 5.77. The fourth-order valence-corrected chi connectivity index (χ4v) is 1.25. The molecule has 0 aliphatic heterocycles. The van der Waals surface area contributed by atoms with E-state index < -0.39 is 17.9 Å². The molecule has 0 radical (unpaired) electrons. The van der Waals surface area contributed by atoms with Gasteiger partial charge in [0, 0.05) is 12.5 Å². The maximum Gasteiger partial charge on any atom is 0.321 e. The third kappa shape index (κ3) is 9.35. The minimum atomic E-state index is -1.06. The fraction of sp³-hybridized carbons (Fsp3) is 0.727. The topological polar surface area (TPSA) is 95.5 Å². The molecule has 1 unspecified atom stereocenters.